The van der Waals surface area contributed by atoms with Gasteiger partial charge in [0.2, 0.25) is 0 Å². The molecular weight excluding hydrogens is 298 g/mol. The van der Waals surface area contributed by atoms with Crippen LogP contribution in [-0.2, 0) is 0 Å². The number of hydrogen-bond donors (Lipinski definition) is 1. The molecule has 0 aliphatic carbocycles. The Kier molecular flexibility index (Phi) is 4.62. The molecule has 0 saturated heterocycles. The highest BCUT2D eigenvalue weighted by atomic mass is 16.5. The van der Waals surface area contributed by atoms with E-state index in [1.807, 2.05) is 54.6 Å². The van der Waals surface area contributed by atoms with E-state index in [-0.39, 0.29) is 0 Å². The largest absolute Gasteiger partial charge is 0.493 e. The van der Waals surface area contributed by atoms with Crippen LogP contribution in [0.3, 0.4) is 0 Å². The number of rotatable bonds is 5. The highest BCUT2D eigenvalue weighted by Gasteiger charge is 2.09. The van der Waals surface area contributed by atoms with Gasteiger partial charge in [-0.15, -0.1) is 0 Å². The van der Waals surface area contributed by atoms with Crippen molar-refractivity contribution in [2.45, 2.75) is 13.8 Å². The van der Waals surface area contributed by atoms with Gasteiger partial charge in [0.15, 0.2) is 0 Å². The maximum absolute atomic E-state index is 9.56. The smallest absolute Gasteiger partial charge is 0.149 e. The number of aromatic amines is 1. The van der Waals surface area contributed by atoms with Gasteiger partial charge in [0.25, 0.3) is 0 Å². The van der Waals surface area contributed by atoms with Gasteiger partial charge in [0.05, 0.1) is 23.2 Å². The number of nitrogens with one attached hydrogen (secondary N) is 1. The molecule has 1 heterocycles. The van der Waals surface area contributed by atoms with Crippen LogP contribution in [-0.4, -0.2) is 16.6 Å². The summed E-state index contributed by atoms with van der Waals surface area (Å²) in [6, 6.07) is 17.7. The topological polar surface area (TPSA) is 61.7 Å². The molecule has 2 aromatic carbocycles. The Bertz CT molecular complexity index is 883. The molecule has 1 aromatic heterocycles. The first-order valence-corrected chi connectivity index (χ1v) is 7.96. The lowest BCUT2D eigenvalue weighted by molar-refractivity contribution is 0.270. The Morgan fingerprint density at radius 3 is 2.71 bits per heavy atom. The molecule has 0 saturated carbocycles. The fraction of sp³-hybridized carbons (Fsp3) is 0.200. The van der Waals surface area contributed by atoms with E-state index in [1.54, 1.807) is 0 Å². The molecule has 0 aliphatic heterocycles. The molecule has 0 atom stereocenters. The number of ether oxygens (including phenoxy) is 1. The van der Waals surface area contributed by atoms with Crippen LogP contribution in [0.25, 0.3) is 22.7 Å². The lowest BCUT2D eigenvalue weighted by Crippen LogP contribution is -2.05. The first-order valence-electron chi connectivity index (χ1n) is 7.96. The fourth-order valence-electron chi connectivity index (χ4n) is 2.38. The zero-order valence-electron chi connectivity index (χ0n) is 13.8. The predicted octanol–water partition coefficient (Wildman–Crippen LogP) is 4.66. The van der Waals surface area contributed by atoms with Gasteiger partial charge in [0.1, 0.15) is 17.6 Å². The van der Waals surface area contributed by atoms with Crippen LogP contribution in [0.4, 0.5) is 0 Å². The van der Waals surface area contributed by atoms with Crippen LogP contribution in [0.1, 0.15) is 25.2 Å². The van der Waals surface area contributed by atoms with Crippen molar-refractivity contribution < 1.29 is 4.74 Å². The van der Waals surface area contributed by atoms with Crippen LogP contribution in [0.5, 0.6) is 5.75 Å². The van der Waals surface area contributed by atoms with Crippen LogP contribution >= 0.6 is 0 Å². The summed E-state index contributed by atoms with van der Waals surface area (Å²) in [5.41, 5.74) is 3.11. The number of hydrogen-bond acceptors (Lipinski definition) is 3. The number of imidazole rings is 1. The Hall–Kier alpha value is -3.06. The minimum Gasteiger partial charge on any atom is -0.493 e. The predicted molar refractivity (Wildman–Crippen MR) is 96.4 cm³/mol. The average Bonchev–Trinajstić information content (AvgIpc) is 3.02. The molecule has 0 unspecified atom stereocenters. The number of benzene rings is 2. The molecule has 0 amide bonds. The molecule has 4 nitrogen and oxygen atoms in total. The van der Waals surface area contributed by atoms with Crippen LogP contribution in [0.15, 0.2) is 48.5 Å². The maximum atomic E-state index is 9.56. The van der Waals surface area contributed by atoms with E-state index in [2.05, 4.69) is 29.9 Å². The van der Waals surface area contributed by atoms with E-state index >= 15 is 0 Å². The van der Waals surface area contributed by atoms with E-state index < -0.39 is 0 Å². The van der Waals surface area contributed by atoms with Gasteiger partial charge in [-0.2, -0.15) is 5.26 Å². The fourth-order valence-corrected chi connectivity index (χ4v) is 2.38. The summed E-state index contributed by atoms with van der Waals surface area (Å²) < 4.78 is 5.85. The average molecular weight is 317 g/mol. The van der Waals surface area contributed by atoms with E-state index in [1.165, 1.54) is 0 Å². The Labute approximate surface area is 141 Å². The van der Waals surface area contributed by atoms with Gasteiger partial charge in [-0.25, -0.2) is 4.98 Å². The van der Waals surface area contributed by atoms with Crippen molar-refractivity contribution in [3.63, 3.8) is 0 Å². The molecule has 0 bridgehead atoms. The van der Waals surface area contributed by atoms with Gasteiger partial charge in [-0.1, -0.05) is 44.2 Å². The van der Waals surface area contributed by atoms with Crippen LogP contribution in [0, 0.1) is 17.2 Å². The first kappa shape index (κ1) is 15.8. The molecule has 3 aromatic rings. The molecule has 4 heteroatoms. The van der Waals surface area contributed by atoms with Gasteiger partial charge in [-0.05, 0) is 30.2 Å². The van der Waals surface area contributed by atoms with Gasteiger partial charge in [-0.3, -0.25) is 0 Å². The molecule has 1 N–H and O–H groups in total. The van der Waals surface area contributed by atoms with E-state index in [9.17, 15) is 5.26 Å². The van der Waals surface area contributed by atoms with E-state index in [0.29, 0.717) is 23.9 Å². The lowest BCUT2D eigenvalue weighted by atomic mass is 10.1. The molecular formula is C20H19N3O. The highest BCUT2D eigenvalue weighted by molar-refractivity contribution is 5.91. The summed E-state index contributed by atoms with van der Waals surface area (Å²) in [5, 5.41) is 9.56. The molecule has 0 aliphatic rings. The van der Waals surface area contributed by atoms with Gasteiger partial charge < -0.3 is 9.72 Å². The molecule has 120 valence electrons. The summed E-state index contributed by atoms with van der Waals surface area (Å²) in [7, 11) is 0. The van der Waals surface area contributed by atoms with Crippen LogP contribution < -0.4 is 4.74 Å². The standard InChI is InChI=1S/C20H19N3O/c1-14(2)13-24-19-10-6-3-7-15(19)11-16(12-21)20-22-17-8-4-5-9-18(17)23-20/h3-11,14H,13H2,1-2H3,(H,22,23). The molecule has 0 spiro atoms. The molecule has 3 rings (SSSR count). The quantitative estimate of drug-likeness (QED) is 0.696. The minimum atomic E-state index is 0.438. The van der Waals surface area contributed by atoms with E-state index in [4.69, 9.17) is 4.74 Å². The van der Waals surface area contributed by atoms with Crippen molar-refractivity contribution in [2.75, 3.05) is 6.61 Å². The monoisotopic (exact) mass is 317 g/mol. The third kappa shape index (κ3) is 3.47. The maximum Gasteiger partial charge on any atom is 0.149 e. The third-order valence-electron chi connectivity index (χ3n) is 3.56. The summed E-state index contributed by atoms with van der Waals surface area (Å²) in [6.45, 7) is 4.85. The summed E-state index contributed by atoms with van der Waals surface area (Å²) >= 11 is 0. The first-order chi connectivity index (χ1) is 11.7. The number of para-hydroxylation sites is 3. The third-order valence-corrected chi connectivity index (χ3v) is 3.56. The molecule has 0 radical (unpaired) electrons. The van der Waals surface area contributed by atoms with Crippen molar-refractivity contribution in [1.29, 1.82) is 5.26 Å². The van der Waals surface area contributed by atoms with E-state index in [0.717, 1.165) is 22.3 Å². The molecule has 0 fully saturated rings. The lowest BCUT2D eigenvalue weighted by Gasteiger charge is -2.11. The zero-order valence-corrected chi connectivity index (χ0v) is 13.8. The number of nitriles is 1. The van der Waals surface area contributed by atoms with Crippen molar-refractivity contribution in [1.82, 2.24) is 9.97 Å². The SMILES string of the molecule is CC(C)COc1ccccc1C=C(C#N)c1nc2ccccc2[nH]1. The van der Waals surface area contributed by atoms with Gasteiger partial charge in [0, 0.05) is 5.56 Å². The van der Waals surface area contributed by atoms with Crippen molar-refractivity contribution in [3.05, 3.63) is 59.9 Å². The number of aromatic nitrogens is 2. The molecule has 24 heavy (non-hydrogen) atoms. The summed E-state index contributed by atoms with van der Waals surface area (Å²) in [5.74, 6) is 1.78. The van der Waals surface area contributed by atoms with Gasteiger partial charge >= 0.3 is 0 Å². The van der Waals surface area contributed by atoms with Crippen molar-refractivity contribution in [2.24, 2.45) is 5.92 Å². The van der Waals surface area contributed by atoms with Crippen molar-refractivity contribution >= 4 is 22.7 Å². The number of fused-ring (bicyclic) bond motifs is 1. The van der Waals surface area contributed by atoms with Crippen LogP contribution in [0.2, 0.25) is 0 Å². The number of H-pyrrole nitrogens is 1. The Morgan fingerprint density at radius 1 is 1.21 bits per heavy atom. The second kappa shape index (κ2) is 7.01. The normalized spacial score (nSPS) is 11.7. The Balaban J connectivity index is 1.97. The highest BCUT2D eigenvalue weighted by Crippen LogP contribution is 2.25. The summed E-state index contributed by atoms with van der Waals surface area (Å²) in [6.07, 6.45) is 1.81. The summed E-state index contributed by atoms with van der Waals surface area (Å²) in [4.78, 5) is 7.69. The van der Waals surface area contributed by atoms with Crippen molar-refractivity contribution in [3.8, 4) is 11.8 Å². The Morgan fingerprint density at radius 2 is 1.96 bits per heavy atom. The number of nitrogens with zero attached hydrogens (tertiary/aromatic N) is 2. The second-order valence-electron chi connectivity index (χ2n) is 6.02. The second-order valence-corrected chi connectivity index (χ2v) is 6.02. The zero-order chi connectivity index (χ0) is 16.9. The number of allylic oxidation sites excluding steroid dienone is 1. The minimum absolute atomic E-state index is 0.438.